The molecular formula is C15H22N2O2. The largest absolute Gasteiger partial charge is 0.487 e. The zero-order valence-electron chi connectivity index (χ0n) is 11.8. The number of carbonyl (C=O) groups is 1. The minimum absolute atomic E-state index is 0.343. The van der Waals surface area contributed by atoms with Gasteiger partial charge in [-0.3, -0.25) is 10.1 Å². The highest BCUT2D eigenvalue weighted by molar-refractivity contribution is 5.87. The van der Waals surface area contributed by atoms with Crippen LogP contribution in [-0.4, -0.2) is 18.1 Å². The molecule has 0 radical (unpaired) electrons. The molecule has 2 rings (SSSR count). The van der Waals surface area contributed by atoms with Crippen molar-refractivity contribution >= 4 is 5.91 Å². The van der Waals surface area contributed by atoms with Crippen LogP contribution in [0.25, 0.3) is 0 Å². The van der Waals surface area contributed by atoms with Crippen LogP contribution in [0.15, 0.2) is 24.3 Å². The summed E-state index contributed by atoms with van der Waals surface area (Å²) in [6.07, 6.45) is 1.48. The van der Waals surface area contributed by atoms with Gasteiger partial charge in [-0.1, -0.05) is 25.1 Å². The Kier molecular flexibility index (Phi) is 3.54. The molecule has 3 N–H and O–H groups in total. The topological polar surface area (TPSA) is 64.3 Å². The molecule has 1 aliphatic rings. The van der Waals surface area contributed by atoms with E-state index in [9.17, 15) is 4.79 Å². The zero-order chi connectivity index (χ0) is 14.1. The van der Waals surface area contributed by atoms with Gasteiger partial charge in [0.05, 0.1) is 0 Å². The van der Waals surface area contributed by atoms with Gasteiger partial charge in [0, 0.05) is 12.0 Å². The molecule has 104 valence electrons. The summed E-state index contributed by atoms with van der Waals surface area (Å²) in [5.41, 5.74) is 5.30. The van der Waals surface area contributed by atoms with Gasteiger partial charge in [0.25, 0.3) is 0 Å². The third kappa shape index (κ3) is 2.45. The van der Waals surface area contributed by atoms with E-state index in [1.54, 1.807) is 0 Å². The summed E-state index contributed by atoms with van der Waals surface area (Å²) in [5, 5.41) is 3.34. The van der Waals surface area contributed by atoms with E-state index >= 15 is 0 Å². The molecule has 4 heteroatoms. The lowest BCUT2D eigenvalue weighted by molar-refractivity contribution is -0.128. The van der Waals surface area contributed by atoms with Gasteiger partial charge in [-0.05, 0) is 32.9 Å². The number of rotatable bonds is 4. The number of nitrogens with two attached hydrogens (primary N) is 1. The normalized spacial score (nSPS) is 24.4. The second-order valence-electron chi connectivity index (χ2n) is 5.73. The van der Waals surface area contributed by atoms with Crippen molar-refractivity contribution in [1.82, 2.24) is 5.32 Å². The quantitative estimate of drug-likeness (QED) is 0.871. The second-order valence-corrected chi connectivity index (χ2v) is 5.73. The first-order chi connectivity index (χ1) is 8.91. The molecule has 1 heterocycles. The summed E-state index contributed by atoms with van der Waals surface area (Å²) in [7, 11) is 0. The van der Waals surface area contributed by atoms with Gasteiger partial charge in [0.2, 0.25) is 5.91 Å². The van der Waals surface area contributed by atoms with Crippen molar-refractivity contribution in [2.75, 3.05) is 6.54 Å². The average Bonchev–Trinajstić information content (AvgIpc) is 2.34. The molecule has 0 saturated carbocycles. The number of hydrogen-bond acceptors (Lipinski definition) is 3. The van der Waals surface area contributed by atoms with Crippen molar-refractivity contribution in [2.24, 2.45) is 5.73 Å². The lowest BCUT2D eigenvalue weighted by Crippen LogP contribution is -2.59. The smallest absolute Gasteiger partial charge is 0.242 e. The first-order valence-corrected chi connectivity index (χ1v) is 6.75. The number of hydrogen-bond donors (Lipinski definition) is 2. The van der Waals surface area contributed by atoms with E-state index in [0.29, 0.717) is 6.42 Å². The van der Waals surface area contributed by atoms with E-state index in [0.717, 1.165) is 24.3 Å². The molecule has 1 amide bonds. The number of fused-ring (bicyclic) bond motifs is 1. The summed E-state index contributed by atoms with van der Waals surface area (Å²) < 4.78 is 5.96. The molecule has 1 aliphatic heterocycles. The molecule has 1 unspecified atom stereocenters. The maximum Gasteiger partial charge on any atom is 0.242 e. The average molecular weight is 262 g/mol. The van der Waals surface area contributed by atoms with Crippen LogP contribution in [0.1, 0.15) is 39.2 Å². The van der Waals surface area contributed by atoms with E-state index < -0.39 is 11.1 Å². The molecule has 0 aliphatic carbocycles. The molecule has 1 aromatic carbocycles. The fraction of sp³-hybridized carbons (Fsp3) is 0.533. The number of primary amides is 1. The van der Waals surface area contributed by atoms with Gasteiger partial charge in [0.15, 0.2) is 0 Å². The fourth-order valence-corrected chi connectivity index (χ4v) is 2.78. The predicted octanol–water partition coefficient (Wildman–Crippen LogP) is 1.93. The van der Waals surface area contributed by atoms with Crippen molar-refractivity contribution in [1.29, 1.82) is 0 Å². The SMILES string of the molecule is CCCNC1(C(N)=O)CC(C)(C)Oc2ccccc21. The maximum absolute atomic E-state index is 12.1. The highest BCUT2D eigenvalue weighted by Gasteiger charge is 2.48. The highest BCUT2D eigenvalue weighted by atomic mass is 16.5. The molecule has 0 bridgehead atoms. The number of amides is 1. The molecule has 0 spiro atoms. The van der Waals surface area contributed by atoms with Crippen LogP contribution < -0.4 is 15.8 Å². The number of benzene rings is 1. The van der Waals surface area contributed by atoms with E-state index in [1.165, 1.54) is 0 Å². The Balaban J connectivity index is 2.54. The Morgan fingerprint density at radius 2 is 2.11 bits per heavy atom. The minimum atomic E-state index is -0.839. The lowest BCUT2D eigenvalue weighted by Gasteiger charge is -2.44. The monoisotopic (exact) mass is 262 g/mol. The molecule has 4 nitrogen and oxygen atoms in total. The number of ether oxygens (including phenoxy) is 1. The molecule has 0 fully saturated rings. The lowest BCUT2D eigenvalue weighted by atomic mass is 9.77. The standard InChI is InChI=1S/C15H22N2O2/c1-4-9-17-15(13(16)18)10-14(2,3)19-12-8-6-5-7-11(12)15/h5-8,17H,4,9-10H2,1-3H3,(H2,16,18). The summed E-state index contributed by atoms with van der Waals surface area (Å²) in [6.45, 7) is 6.77. The van der Waals surface area contributed by atoms with Gasteiger partial charge in [-0.2, -0.15) is 0 Å². The Hall–Kier alpha value is -1.55. The van der Waals surface area contributed by atoms with Crippen molar-refractivity contribution in [3.63, 3.8) is 0 Å². The first kappa shape index (κ1) is 13.9. The van der Waals surface area contributed by atoms with Crippen molar-refractivity contribution in [2.45, 2.75) is 44.8 Å². The van der Waals surface area contributed by atoms with Gasteiger partial charge in [-0.15, -0.1) is 0 Å². The van der Waals surface area contributed by atoms with Crippen molar-refractivity contribution < 1.29 is 9.53 Å². The fourth-order valence-electron chi connectivity index (χ4n) is 2.78. The third-order valence-corrected chi connectivity index (χ3v) is 3.52. The van der Waals surface area contributed by atoms with Crippen LogP contribution in [0.5, 0.6) is 5.75 Å². The van der Waals surface area contributed by atoms with Crippen molar-refractivity contribution in [3.8, 4) is 5.75 Å². The number of carbonyl (C=O) groups excluding carboxylic acids is 1. The van der Waals surface area contributed by atoms with Crippen molar-refractivity contribution in [3.05, 3.63) is 29.8 Å². The zero-order valence-corrected chi connectivity index (χ0v) is 11.8. The van der Waals surface area contributed by atoms with E-state index in [1.807, 2.05) is 38.1 Å². The minimum Gasteiger partial charge on any atom is -0.487 e. The second kappa shape index (κ2) is 4.85. The van der Waals surface area contributed by atoms with Crippen LogP contribution in [0.3, 0.4) is 0 Å². The van der Waals surface area contributed by atoms with Crippen LogP contribution in [0.2, 0.25) is 0 Å². The molecule has 19 heavy (non-hydrogen) atoms. The Bertz CT molecular complexity index is 485. The Morgan fingerprint density at radius 1 is 1.42 bits per heavy atom. The van der Waals surface area contributed by atoms with Crippen LogP contribution in [-0.2, 0) is 10.3 Å². The molecule has 0 saturated heterocycles. The first-order valence-electron chi connectivity index (χ1n) is 6.75. The van der Waals surface area contributed by atoms with Gasteiger partial charge in [-0.25, -0.2) is 0 Å². The third-order valence-electron chi connectivity index (χ3n) is 3.52. The van der Waals surface area contributed by atoms with E-state index in [-0.39, 0.29) is 5.91 Å². The van der Waals surface area contributed by atoms with Crippen LogP contribution in [0.4, 0.5) is 0 Å². The van der Waals surface area contributed by atoms with Crippen LogP contribution >= 0.6 is 0 Å². The molecule has 1 aromatic rings. The maximum atomic E-state index is 12.1. The van der Waals surface area contributed by atoms with E-state index in [4.69, 9.17) is 10.5 Å². The molecule has 1 atom stereocenters. The van der Waals surface area contributed by atoms with Gasteiger partial charge in [0.1, 0.15) is 16.9 Å². The molecular weight excluding hydrogens is 240 g/mol. The Morgan fingerprint density at radius 3 is 2.74 bits per heavy atom. The van der Waals surface area contributed by atoms with Gasteiger partial charge < -0.3 is 10.5 Å². The van der Waals surface area contributed by atoms with Crippen LogP contribution in [0, 0.1) is 0 Å². The Labute approximate surface area is 114 Å². The van der Waals surface area contributed by atoms with E-state index in [2.05, 4.69) is 12.2 Å². The molecule has 0 aromatic heterocycles. The summed E-state index contributed by atoms with van der Waals surface area (Å²) in [4.78, 5) is 12.1. The highest BCUT2D eigenvalue weighted by Crippen LogP contribution is 2.43. The predicted molar refractivity (Wildman–Crippen MR) is 74.9 cm³/mol. The number of nitrogens with one attached hydrogen (secondary N) is 1. The number of para-hydroxylation sites is 1. The summed E-state index contributed by atoms with van der Waals surface area (Å²) in [5.74, 6) is 0.394. The van der Waals surface area contributed by atoms with Gasteiger partial charge >= 0.3 is 0 Å². The summed E-state index contributed by atoms with van der Waals surface area (Å²) >= 11 is 0. The summed E-state index contributed by atoms with van der Waals surface area (Å²) in [6, 6.07) is 7.62.